The molecule has 0 saturated heterocycles. The molecular weight excluding hydrogens is 537 g/mol. The largest absolute Gasteiger partial charge is 0.480 e. The van der Waals surface area contributed by atoms with E-state index in [-0.39, 0.29) is 11.8 Å². The number of hydrogen-bond acceptors (Lipinski definition) is 8. The molecule has 2 atom stereocenters. The third-order valence-corrected chi connectivity index (χ3v) is 4.81. The van der Waals surface area contributed by atoms with Crippen LogP contribution in [0.15, 0.2) is 18.2 Å². The average Bonchev–Trinajstić information content (AvgIpc) is 2.67. The zero-order valence-electron chi connectivity index (χ0n) is 19.9. The minimum atomic E-state index is -4.80. The molecule has 0 aliphatic heterocycles. The quantitative estimate of drug-likeness (QED) is 0.355. The minimum absolute atomic E-state index is 0.248. The standard InChI is InChI=1S/C19H25F3N2O5S.CH3ClO2S/c1-6-12(2)24-17(25)16(18(3,4)11-28-30(5,26)27)29-14-8-7-13(10-23)15(9-14)19(20,21)22;1-5(2,3)4/h7-9,12,16H,6,11H2,1-5H3,(H,24,25);1H3. The number of nitriles is 1. The lowest BCUT2D eigenvalue weighted by Gasteiger charge is -2.33. The number of amides is 1. The van der Waals surface area contributed by atoms with Crippen LogP contribution in [0.3, 0.4) is 0 Å². The summed E-state index contributed by atoms with van der Waals surface area (Å²) in [6, 6.07) is 3.94. The Balaban J connectivity index is 0.00000209. The fraction of sp³-hybridized carbons (Fsp3) is 0.600. The van der Waals surface area contributed by atoms with Crippen molar-refractivity contribution in [3.63, 3.8) is 0 Å². The van der Waals surface area contributed by atoms with Crippen LogP contribution in [0.25, 0.3) is 0 Å². The summed E-state index contributed by atoms with van der Waals surface area (Å²) in [4.78, 5) is 12.8. The first kappa shape index (κ1) is 32.9. The van der Waals surface area contributed by atoms with Gasteiger partial charge in [-0.2, -0.15) is 26.9 Å². The van der Waals surface area contributed by atoms with Crippen LogP contribution in [-0.4, -0.2) is 54.0 Å². The zero-order chi connectivity index (χ0) is 27.8. The van der Waals surface area contributed by atoms with Gasteiger partial charge in [0.25, 0.3) is 16.0 Å². The van der Waals surface area contributed by atoms with Gasteiger partial charge in [0.05, 0.1) is 36.3 Å². The third kappa shape index (κ3) is 13.6. The van der Waals surface area contributed by atoms with E-state index in [0.717, 1.165) is 24.6 Å². The molecular formula is C20H28ClF3N2O7S2. The van der Waals surface area contributed by atoms with Crippen LogP contribution in [0, 0.1) is 16.7 Å². The molecule has 200 valence electrons. The molecule has 0 heterocycles. The third-order valence-electron chi connectivity index (χ3n) is 4.26. The summed E-state index contributed by atoms with van der Waals surface area (Å²) >= 11 is 0. The zero-order valence-corrected chi connectivity index (χ0v) is 22.3. The van der Waals surface area contributed by atoms with Gasteiger partial charge in [-0.25, -0.2) is 8.42 Å². The molecule has 0 spiro atoms. The summed E-state index contributed by atoms with van der Waals surface area (Å²) < 4.78 is 91.6. The van der Waals surface area contributed by atoms with Crippen molar-refractivity contribution in [3.8, 4) is 11.8 Å². The fourth-order valence-electron chi connectivity index (χ4n) is 2.39. The van der Waals surface area contributed by atoms with Crippen molar-refractivity contribution in [2.24, 2.45) is 5.41 Å². The fourth-order valence-corrected chi connectivity index (χ4v) is 2.91. The highest BCUT2D eigenvalue weighted by Gasteiger charge is 2.40. The lowest BCUT2D eigenvalue weighted by atomic mass is 9.86. The van der Waals surface area contributed by atoms with Crippen molar-refractivity contribution in [2.75, 3.05) is 19.1 Å². The van der Waals surface area contributed by atoms with Crippen LogP contribution >= 0.6 is 10.7 Å². The van der Waals surface area contributed by atoms with Gasteiger partial charge in [0.2, 0.25) is 9.05 Å². The Morgan fingerprint density at radius 2 is 1.71 bits per heavy atom. The number of ether oxygens (including phenoxy) is 1. The Labute approximate surface area is 208 Å². The minimum Gasteiger partial charge on any atom is -0.480 e. The SMILES string of the molecule is CCC(C)NC(=O)C(Oc1ccc(C#N)c(C(F)(F)F)c1)C(C)(C)COS(C)(=O)=O.CS(=O)(=O)Cl. The molecule has 0 bridgehead atoms. The van der Waals surface area contributed by atoms with Crippen molar-refractivity contribution in [1.29, 1.82) is 5.26 Å². The molecule has 0 aromatic heterocycles. The summed E-state index contributed by atoms with van der Waals surface area (Å²) in [5.41, 5.74) is -3.02. The van der Waals surface area contributed by atoms with Crippen molar-refractivity contribution in [2.45, 2.75) is 52.4 Å². The number of carbonyl (C=O) groups excluding carboxylic acids is 1. The van der Waals surface area contributed by atoms with E-state index in [9.17, 15) is 34.8 Å². The van der Waals surface area contributed by atoms with Crippen LogP contribution in [-0.2, 0) is 34.3 Å². The van der Waals surface area contributed by atoms with Crippen LogP contribution in [0.2, 0.25) is 0 Å². The summed E-state index contributed by atoms with van der Waals surface area (Å²) in [6.07, 6.45) is -3.81. The monoisotopic (exact) mass is 564 g/mol. The molecule has 1 aromatic carbocycles. The lowest BCUT2D eigenvalue weighted by molar-refractivity contribution is -0.138. The van der Waals surface area contributed by atoms with Gasteiger partial charge in [-0.3, -0.25) is 8.98 Å². The molecule has 35 heavy (non-hydrogen) atoms. The van der Waals surface area contributed by atoms with Crippen LogP contribution in [0.4, 0.5) is 13.2 Å². The lowest BCUT2D eigenvalue weighted by Crippen LogP contribution is -2.51. The number of carbonyl (C=O) groups is 1. The molecule has 0 saturated carbocycles. The Morgan fingerprint density at radius 3 is 2.11 bits per heavy atom. The number of rotatable bonds is 9. The Morgan fingerprint density at radius 1 is 1.20 bits per heavy atom. The number of benzene rings is 1. The van der Waals surface area contributed by atoms with Crippen LogP contribution in [0.1, 0.15) is 45.2 Å². The maximum Gasteiger partial charge on any atom is 0.417 e. The van der Waals surface area contributed by atoms with E-state index in [1.807, 2.05) is 6.92 Å². The number of halogens is 4. The Hall–Kier alpha value is -2.08. The number of nitrogens with zero attached hydrogens (tertiary/aromatic N) is 1. The van der Waals surface area contributed by atoms with E-state index in [0.29, 0.717) is 12.5 Å². The predicted octanol–water partition coefficient (Wildman–Crippen LogP) is 3.43. The molecule has 0 aliphatic rings. The van der Waals surface area contributed by atoms with E-state index < -0.39 is 60.5 Å². The molecule has 1 N–H and O–H groups in total. The molecule has 1 aromatic rings. The second-order valence-electron chi connectivity index (χ2n) is 8.27. The Bertz CT molecular complexity index is 1120. The topological polar surface area (TPSA) is 140 Å². The summed E-state index contributed by atoms with van der Waals surface area (Å²) in [6.45, 7) is 6.11. The molecule has 2 unspecified atom stereocenters. The van der Waals surface area contributed by atoms with Crippen molar-refractivity contribution in [3.05, 3.63) is 29.3 Å². The highest BCUT2D eigenvalue weighted by Crippen LogP contribution is 2.35. The number of alkyl halides is 3. The summed E-state index contributed by atoms with van der Waals surface area (Å²) in [5, 5.41) is 11.6. The van der Waals surface area contributed by atoms with Crippen molar-refractivity contribution < 1.29 is 43.7 Å². The highest BCUT2D eigenvalue weighted by molar-refractivity contribution is 8.13. The molecule has 1 amide bonds. The van der Waals surface area contributed by atoms with E-state index in [2.05, 4.69) is 16.0 Å². The molecule has 9 nitrogen and oxygen atoms in total. The first-order chi connectivity index (χ1) is 15.6. The van der Waals surface area contributed by atoms with Crippen LogP contribution < -0.4 is 10.1 Å². The smallest absolute Gasteiger partial charge is 0.417 e. The van der Waals surface area contributed by atoms with Crippen molar-refractivity contribution >= 4 is 35.8 Å². The highest BCUT2D eigenvalue weighted by atomic mass is 35.7. The average molecular weight is 565 g/mol. The van der Waals surface area contributed by atoms with Crippen LogP contribution in [0.5, 0.6) is 5.75 Å². The molecule has 0 fully saturated rings. The number of hydrogen-bond donors (Lipinski definition) is 1. The second kappa shape index (κ2) is 12.8. The molecule has 15 heteroatoms. The van der Waals surface area contributed by atoms with Crippen molar-refractivity contribution in [1.82, 2.24) is 5.32 Å². The predicted molar refractivity (Wildman–Crippen MR) is 124 cm³/mol. The van der Waals surface area contributed by atoms with Gasteiger partial charge in [-0.15, -0.1) is 0 Å². The maximum absolute atomic E-state index is 13.2. The van der Waals surface area contributed by atoms with Gasteiger partial charge >= 0.3 is 6.18 Å². The molecule has 0 radical (unpaired) electrons. The van der Waals surface area contributed by atoms with Gasteiger partial charge in [0.15, 0.2) is 6.10 Å². The van der Waals surface area contributed by atoms with Gasteiger partial charge in [0, 0.05) is 22.1 Å². The number of nitrogens with one attached hydrogen (secondary N) is 1. The van der Waals surface area contributed by atoms with Gasteiger partial charge in [0.1, 0.15) is 5.75 Å². The molecule has 1 rings (SSSR count). The van der Waals surface area contributed by atoms with Gasteiger partial charge < -0.3 is 10.1 Å². The summed E-state index contributed by atoms with van der Waals surface area (Å²) in [7, 11) is -2.52. The Kier molecular flexibility index (Phi) is 12.0. The van der Waals surface area contributed by atoms with E-state index >= 15 is 0 Å². The second-order valence-corrected chi connectivity index (χ2v) is 13.0. The summed E-state index contributed by atoms with van der Waals surface area (Å²) in [5.74, 6) is -0.928. The van der Waals surface area contributed by atoms with E-state index in [4.69, 9.17) is 14.2 Å². The van der Waals surface area contributed by atoms with Gasteiger partial charge in [-0.1, -0.05) is 20.8 Å². The first-order valence-electron chi connectivity index (χ1n) is 9.93. The maximum atomic E-state index is 13.2. The van der Waals surface area contributed by atoms with E-state index in [1.165, 1.54) is 19.9 Å². The normalized spacial score (nSPS) is 14.1. The molecule has 0 aliphatic carbocycles. The van der Waals surface area contributed by atoms with E-state index in [1.54, 1.807) is 6.92 Å². The first-order valence-corrected chi connectivity index (χ1v) is 14.5. The van der Waals surface area contributed by atoms with Gasteiger partial charge in [-0.05, 0) is 31.5 Å².